The Labute approximate surface area is 137 Å². The molecule has 23 heavy (non-hydrogen) atoms. The van der Waals surface area contributed by atoms with E-state index in [1.807, 2.05) is 62.6 Å². The third-order valence-electron chi connectivity index (χ3n) is 3.19. The fourth-order valence-corrected chi connectivity index (χ4v) is 2.19. The molecule has 2 aromatic rings. The molecule has 0 atom stereocenters. The molecule has 0 radical (unpaired) electrons. The zero-order valence-electron chi connectivity index (χ0n) is 13.6. The van der Waals surface area contributed by atoms with Crippen molar-refractivity contribution in [3.63, 3.8) is 0 Å². The predicted octanol–water partition coefficient (Wildman–Crippen LogP) is 2.34. The standard InChI is InChI=1S/C18H23N3O2/c1-21(2)13-14-4-3-5-15(12-14)18(22)20-16-6-8-17(9-7-16)23-11-10-19/h3-9,12H,10-11,13,19H2,1-2H3,(H,20,22). The Balaban J connectivity index is 2.01. The molecule has 0 aliphatic carbocycles. The van der Waals surface area contributed by atoms with Gasteiger partial charge in [0, 0.05) is 24.3 Å². The number of amides is 1. The van der Waals surface area contributed by atoms with Crippen molar-refractivity contribution in [2.75, 3.05) is 32.6 Å². The molecule has 0 aliphatic heterocycles. The summed E-state index contributed by atoms with van der Waals surface area (Å²) in [6, 6.07) is 14.9. The maximum absolute atomic E-state index is 12.3. The average Bonchev–Trinajstić information content (AvgIpc) is 2.54. The zero-order valence-corrected chi connectivity index (χ0v) is 13.6. The van der Waals surface area contributed by atoms with Crippen LogP contribution in [-0.2, 0) is 6.54 Å². The van der Waals surface area contributed by atoms with Crippen LogP contribution >= 0.6 is 0 Å². The number of nitrogens with zero attached hydrogens (tertiary/aromatic N) is 1. The Morgan fingerprint density at radius 2 is 1.91 bits per heavy atom. The SMILES string of the molecule is CN(C)Cc1cccc(C(=O)Nc2ccc(OCCN)cc2)c1. The Morgan fingerprint density at radius 3 is 2.57 bits per heavy atom. The van der Waals surface area contributed by atoms with Gasteiger partial charge in [-0.05, 0) is 56.1 Å². The van der Waals surface area contributed by atoms with Crippen molar-refractivity contribution in [3.05, 3.63) is 59.7 Å². The molecule has 2 aromatic carbocycles. The summed E-state index contributed by atoms with van der Waals surface area (Å²) in [5.74, 6) is 0.614. The molecule has 0 unspecified atom stereocenters. The molecule has 0 fully saturated rings. The smallest absolute Gasteiger partial charge is 0.255 e. The Kier molecular flexibility index (Phi) is 6.14. The van der Waals surface area contributed by atoms with E-state index >= 15 is 0 Å². The summed E-state index contributed by atoms with van der Waals surface area (Å²) in [4.78, 5) is 14.4. The van der Waals surface area contributed by atoms with Gasteiger partial charge in [-0.3, -0.25) is 4.79 Å². The van der Waals surface area contributed by atoms with Gasteiger partial charge in [0.15, 0.2) is 0 Å². The number of carbonyl (C=O) groups is 1. The second kappa shape index (κ2) is 8.31. The van der Waals surface area contributed by atoms with Crippen molar-refractivity contribution in [2.45, 2.75) is 6.54 Å². The number of hydrogen-bond donors (Lipinski definition) is 2. The number of hydrogen-bond acceptors (Lipinski definition) is 4. The van der Waals surface area contributed by atoms with Gasteiger partial charge in [0.05, 0.1) is 0 Å². The zero-order chi connectivity index (χ0) is 16.7. The highest BCUT2D eigenvalue weighted by Gasteiger charge is 2.07. The molecule has 3 N–H and O–H groups in total. The van der Waals surface area contributed by atoms with Gasteiger partial charge < -0.3 is 20.7 Å². The second-order valence-corrected chi connectivity index (χ2v) is 5.55. The van der Waals surface area contributed by atoms with Crippen molar-refractivity contribution in [1.29, 1.82) is 0 Å². The van der Waals surface area contributed by atoms with Crippen molar-refractivity contribution in [1.82, 2.24) is 4.90 Å². The van der Waals surface area contributed by atoms with E-state index in [1.54, 1.807) is 0 Å². The van der Waals surface area contributed by atoms with E-state index in [0.717, 1.165) is 23.5 Å². The Hall–Kier alpha value is -2.37. The van der Waals surface area contributed by atoms with Crippen LogP contribution in [0.5, 0.6) is 5.75 Å². The number of nitrogens with two attached hydrogens (primary N) is 1. The minimum atomic E-state index is -0.124. The molecule has 1 amide bonds. The lowest BCUT2D eigenvalue weighted by atomic mass is 10.1. The highest BCUT2D eigenvalue weighted by molar-refractivity contribution is 6.04. The summed E-state index contributed by atoms with van der Waals surface area (Å²) in [6.07, 6.45) is 0. The summed E-state index contributed by atoms with van der Waals surface area (Å²) >= 11 is 0. The van der Waals surface area contributed by atoms with Gasteiger partial charge in [-0.15, -0.1) is 0 Å². The molecule has 0 aromatic heterocycles. The highest BCUT2D eigenvalue weighted by Crippen LogP contribution is 2.17. The molecule has 0 spiro atoms. The van der Waals surface area contributed by atoms with Gasteiger partial charge in [0.2, 0.25) is 0 Å². The lowest BCUT2D eigenvalue weighted by molar-refractivity contribution is 0.102. The predicted molar refractivity (Wildman–Crippen MR) is 92.8 cm³/mol. The number of anilines is 1. The Morgan fingerprint density at radius 1 is 1.17 bits per heavy atom. The first-order chi connectivity index (χ1) is 11.1. The van der Waals surface area contributed by atoms with Crippen LogP contribution in [0.2, 0.25) is 0 Å². The van der Waals surface area contributed by atoms with E-state index < -0.39 is 0 Å². The van der Waals surface area contributed by atoms with Crippen molar-refractivity contribution in [2.24, 2.45) is 5.73 Å². The van der Waals surface area contributed by atoms with Crippen LogP contribution in [0, 0.1) is 0 Å². The highest BCUT2D eigenvalue weighted by atomic mass is 16.5. The summed E-state index contributed by atoms with van der Waals surface area (Å²) < 4.78 is 5.41. The monoisotopic (exact) mass is 313 g/mol. The average molecular weight is 313 g/mol. The molecular weight excluding hydrogens is 290 g/mol. The van der Waals surface area contributed by atoms with Gasteiger partial charge in [0.1, 0.15) is 12.4 Å². The number of rotatable bonds is 7. The first kappa shape index (κ1) is 17.0. The van der Waals surface area contributed by atoms with Gasteiger partial charge in [0.25, 0.3) is 5.91 Å². The van der Waals surface area contributed by atoms with Crippen LogP contribution in [0.1, 0.15) is 15.9 Å². The summed E-state index contributed by atoms with van der Waals surface area (Å²) in [5, 5.41) is 2.89. The van der Waals surface area contributed by atoms with Crippen LogP contribution in [-0.4, -0.2) is 38.1 Å². The fourth-order valence-electron chi connectivity index (χ4n) is 2.19. The lowest BCUT2D eigenvalue weighted by Gasteiger charge is -2.11. The Bertz CT molecular complexity index is 639. The van der Waals surface area contributed by atoms with Crippen molar-refractivity contribution < 1.29 is 9.53 Å². The topological polar surface area (TPSA) is 67.6 Å². The maximum Gasteiger partial charge on any atom is 0.255 e. The van der Waals surface area contributed by atoms with E-state index in [2.05, 4.69) is 10.2 Å². The van der Waals surface area contributed by atoms with E-state index in [0.29, 0.717) is 18.7 Å². The second-order valence-electron chi connectivity index (χ2n) is 5.55. The van der Waals surface area contributed by atoms with Gasteiger partial charge in [-0.1, -0.05) is 12.1 Å². The van der Waals surface area contributed by atoms with Crippen LogP contribution in [0.15, 0.2) is 48.5 Å². The third-order valence-corrected chi connectivity index (χ3v) is 3.19. The van der Waals surface area contributed by atoms with Crippen LogP contribution < -0.4 is 15.8 Å². The normalized spacial score (nSPS) is 10.6. The molecule has 2 rings (SSSR count). The quantitative estimate of drug-likeness (QED) is 0.823. The van der Waals surface area contributed by atoms with E-state index in [1.165, 1.54) is 0 Å². The third kappa shape index (κ3) is 5.39. The largest absolute Gasteiger partial charge is 0.492 e. The first-order valence-electron chi connectivity index (χ1n) is 7.56. The summed E-state index contributed by atoms with van der Waals surface area (Å²) in [6.45, 7) is 1.75. The molecule has 0 aliphatic rings. The summed E-state index contributed by atoms with van der Waals surface area (Å²) in [5.41, 5.74) is 7.87. The van der Waals surface area contributed by atoms with E-state index in [4.69, 9.17) is 10.5 Å². The summed E-state index contributed by atoms with van der Waals surface area (Å²) in [7, 11) is 4.00. The van der Waals surface area contributed by atoms with Crippen LogP contribution in [0.3, 0.4) is 0 Å². The molecular formula is C18H23N3O2. The lowest BCUT2D eigenvalue weighted by Crippen LogP contribution is -2.14. The number of nitrogens with one attached hydrogen (secondary N) is 1. The number of ether oxygens (including phenoxy) is 1. The molecule has 0 heterocycles. The van der Waals surface area contributed by atoms with Gasteiger partial charge in [-0.25, -0.2) is 0 Å². The molecule has 0 saturated heterocycles. The van der Waals surface area contributed by atoms with Crippen molar-refractivity contribution >= 4 is 11.6 Å². The number of benzene rings is 2. The van der Waals surface area contributed by atoms with E-state index in [-0.39, 0.29) is 5.91 Å². The number of carbonyl (C=O) groups excluding carboxylic acids is 1. The van der Waals surface area contributed by atoms with Gasteiger partial charge >= 0.3 is 0 Å². The van der Waals surface area contributed by atoms with Crippen LogP contribution in [0.4, 0.5) is 5.69 Å². The molecule has 0 saturated carbocycles. The molecule has 5 heteroatoms. The van der Waals surface area contributed by atoms with Crippen molar-refractivity contribution in [3.8, 4) is 5.75 Å². The molecule has 5 nitrogen and oxygen atoms in total. The maximum atomic E-state index is 12.3. The fraction of sp³-hybridized carbons (Fsp3) is 0.278. The molecule has 122 valence electrons. The van der Waals surface area contributed by atoms with Crippen LogP contribution in [0.25, 0.3) is 0 Å². The first-order valence-corrected chi connectivity index (χ1v) is 7.56. The van der Waals surface area contributed by atoms with Gasteiger partial charge in [-0.2, -0.15) is 0 Å². The minimum Gasteiger partial charge on any atom is -0.492 e. The molecule has 0 bridgehead atoms. The van der Waals surface area contributed by atoms with E-state index in [9.17, 15) is 4.79 Å². The minimum absolute atomic E-state index is 0.124.